The van der Waals surface area contributed by atoms with E-state index in [9.17, 15) is 4.79 Å². The van der Waals surface area contributed by atoms with Gasteiger partial charge in [-0.15, -0.1) is 0 Å². The molecule has 0 spiro atoms. The highest BCUT2D eigenvalue weighted by atomic mass is 16.5. The van der Waals surface area contributed by atoms with E-state index in [2.05, 4.69) is 0 Å². The number of carbonyl (C=O) groups is 1. The molecule has 0 bridgehead atoms. The summed E-state index contributed by atoms with van der Waals surface area (Å²) in [7, 11) is 0. The van der Waals surface area contributed by atoms with E-state index in [0.717, 1.165) is 19.5 Å². The van der Waals surface area contributed by atoms with Crippen molar-refractivity contribution in [3.63, 3.8) is 0 Å². The second-order valence-corrected chi connectivity index (χ2v) is 2.98. The summed E-state index contributed by atoms with van der Waals surface area (Å²) < 4.78 is 5.39. The third kappa shape index (κ3) is 2.50. The van der Waals surface area contributed by atoms with Gasteiger partial charge in [0.2, 0.25) is 5.91 Å². The smallest absolute Gasteiger partial charge is 0.219 e. The molecule has 1 atom stereocenters. The molecule has 0 saturated carbocycles. The Kier molecular flexibility index (Phi) is 2.88. The lowest BCUT2D eigenvalue weighted by molar-refractivity contribution is -0.128. The van der Waals surface area contributed by atoms with Gasteiger partial charge in [-0.05, 0) is 13.3 Å². The molecule has 11 heavy (non-hydrogen) atoms. The molecule has 0 N–H and O–H groups in total. The lowest BCUT2D eigenvalue weighted by atomic mass is 10.3. The zero-order valence-electron chi connectivity index (χ0n) is 7.17. The van der Waals surface area contributed by atoms with Crippen molar-refractivity contribution in [1.82, 2.24) is 4.90 Å². The van der Waals surface area contributed by atoms with Crippen LogP contribution >= 0.6 is 0 Å². The Balaban J connectivity index is 2.40. The van der Waals surface area contributed by atoms with Gasteiger partial charge in [0.15, 0.2) is 0 Å². The number of nitrogens with zero attached hydrogens (tertiary/aromatic N) is 1. The van der Waals surface area contributed by atoms with Gasteiger partial charge in [0, 0.05) is 20.0 Å². The molecule has 64 valence electrons. The Morgan fingerprint density at radius 1 is 1.55 bits per heavy atom. The Bertz CT molecular complexity index is 147. The molecule has 0 radical (unpaired) electrons. The summed E-state index contributed by atoms with van der Waals surface area (Å²) >= 11 is 0. The maximum atomic E-state index is 10.9. The lowest BCUT2D eigenvalue weighted by Gasteiger charge is -2.16. The van der Waals surface area contributed by atoms with E-state index in [-0.39, 0.29) is 5.91 Å². The van der Waals surface area contributed by atoms with Gasteiger partial charge in [-0.1, -0.05) is 0 Å². The molecule has 1 amide bonds. The first-order valence-electron chi connectivity index (χ1n) is 4.07. The molecule has 1 saturated heterocycles. The van der Waals surface area contributed by atoms with Gasteiger partial charge in [-0.3, -0.25) is 4.79 Å². The minimum absolute atomic E-state index is 0.155. The summed E-state index contributed by atoms with van der Waals surface area (Å²) in [4.78, 5) is 12.8. The van der Waals surface area contributed by atoms with Gasteiger partial charge in [-0.2, -0.15) is 0 Å². The maximum absolute atomic E-state index is 10.9. The fourth-order valence-corrected chi connectivity index (χ4v) is 1.21. The van der Waals surface area contributed by atoms with Crippen LogP contribution < -0.4 is 0 Å². The average Bonchev–Trinajstić information content (AvgIpc) is 2.13. The molecule has 1 fully saturated rings. The molecule has 1 aliphatic rings. The Hall–Kier alpha value is -0.570. The summed E-state index contributed by atoms with van der Waals surface area (Å²) in [5, 5.41) is 0. The second kappa shape index (κ2) is 3.72. The van der Waals surface area contributed by atoms with Crippen LogP contribution in [0, 0.1) is 0 Å². The predicted octanol–water partition coefficient (Wildman–Crippen LogP) is 0.644. The third-order valence-electron chi connectivity index (χ3n) is 2.01. The van der Waals surface area contributed by atoms with Crippen molar-refractivity contribution in [2.75, 3.05) is 19.7 Å². The molecular formula is C8H15NO2. The fraction of sp³-hybridized carbons (Fsp3) is 0.875. The molecule has 0 aromatic heterocycles. The van der Waals surface area contributed by atoms with Crippen molar-refractivity contribution in [3.05, 3.63) is 0 Å². The van der Waals surface area contributed by atoms with Crippen LogP contribution in [-0.2, 0) is 9.53 Å². The van der Waals surface area contributed by atoms with Crippen molar-refractivity contribution < 1.29 is 9.53 Å². The van der Waals surface area contributed by atoms with Crippen LogP contribution in [0.3, 0.4) is 0 Å². The van der Waals surface area contributed by atoms with E-state index in [1.165, 1.54) is 0 Å². The Morgan fingerprint density at radius 2 is 2.27 bits per heavy atom. The number of hydrogen-bond donors (Lipinski definition) is 0. The number of carbonyl (C=O) groups excluding carboxylic acids is 1. The van der Waals surface area contributed by atoms with Crippen LogP contribution in [0.4, 0.5) is 0 Å². The molecule has 0 aromatic rings. The van der Waals surface area contributed by atoms with Crippen LogP contribution in [0.15, 0.2) is 0 Å². The molecule has 1 heterocycles. The summed E-state index contributed by atoms with van der Waals surface area (Å²) in [6, 6.07) is 0. The van der Waals surface area contributed by atoms with Gasteiger partial charge in [-0.25, -0.2) is 0 Å². The van der Waals surface area contributed by atoms with E-state index in [0.29, 0.717) is 12.7 Å². The number of hydrogen-bond acceptors (Lipinski definition) is 2. The zero-order chi connectivity index (χ0) is 8.27. The first-order chi connectivity index (χ1) is 5.20. The van der Waals surface area contributed by atoms with E-state index >= 15 is 0 Å². The molecule has 1 rings (SSSR count). The molecule has 3 nitrogen and oxygen atoms in total. The molecular weight excluding hydrogens is 142 g/mol. The summed E-state index contributed by atoms with van der Waals surface area (Å²) in [5.41, 5.74) is 0. The van der Waals surface area contributed by atoms with Crippen LogP contribution in [-0.4, -0.2) is 36.6 Å². The van der Waals surface area contributed by atoms with E-state index < -0.39 is 0 Å². The first-order valence-corrected chi connectivity index (χ1v) is 4.07. The van der Waals surface area contributed by atoms with Crippen molar-refractivity contribution in [1.29, 1.82) is 0 Å². The van der Waals surface area contributed by atoms with Gasteiger partial charge < -0.3 is 9.64 Å². The van der Waals surface area contributed by atoms with Gasteiger partial charge >= 0.3 is 0 Å². The molecule has 3 heteroatoms. The normalized spacial score (nSPS) is 26.4. The highest BCUT2D eigenvalue weighted by Crippen LogP contribution is 2.05. The van der Waals surface area contributed by atoms with Crippen molar-refractivity contribution in [2.45, 2.75) is 26.4 Å². The number of ether oxygens (including phenoxy) is 1. The van der Waals surface area contributed by atoms with Gasteiger partial charge in [0.05, 0.1) is 12.7 Å². The van der Waals surface area contributed by atoms with Gasteiger partial charge in [0.25, 0.3) is 0 Å². The van der Waals surface area contributed by atoms with Gasteiger partial charge in [0.1, 0.15) is 0 Å². The van der Waals surface area contributed by atoms with Crippen molar-refractivity contribution in [3.8, 4) is 0 Å². The summed E-state index contributed by atoms with van der Waals surface area (Å²) in [6.07, 6.45) is 1.26. The monoisotopic (exact) mass is 157 g/mol. The number of amides is 1. The number of rotatable bonds is 0. The van der Waals surface area contributed by atoms with Crippen molar-refractivity contribution in [2.24, 2.45) is 0 Å². The van der Waals surface area contributed by atoms with Crippen LogP contribution in [0.2, 0.25) is 0 Å². The fourth-order valence-electron chi connectivity index (χ4n) is 1.21. The molecule has 0 aromatic carbocycles. The Labute approximate surface area is 67.3 Å². The molecule has 1 aliphatic heterocycles. The lowest BCUT2D eigenvalue weighted by Crippen LogP contribution is -2.30. The summed E-state index contributed by atoms with van der Waals surface area (Å²) in [5.74, 6) is 0.155. The standard InChI is InChI=1S/C8H15NO2/c1-7-3-4-9(8(2)10)5-6-11-7/h7H,3-6H2,1-2H3. The highest BCUT2D eigenvalue weighted by Gasteiger charge is 2.14. The molecule has 1 unspecified atom stereocenters. The third-order valence-corrected chi connectivity index (χ3v) is 2.01. The van der Waals surface area contributed by atoms with Crippen molar-refractivity contribution >= 4 is 5.91 Å². The topological polar surface area (TPSA) is 29.5 Å². The quantitative estimate of drug-likeness (QED) is 0.516. The minimum Gasteiger partial charge on any atom is -0.377 e. The highest BCUT2D eigenvalue weighted by molar-refractivity contribution is 5.73. The maximum Gasteiger partial charge on any atom is 0.219 e. The van der Waals surface area contributed by atoms with E-state index in [1.54, 1.807) is 6.92 Å². The zero-order valence-corrected chi connectivity index (χ0v) is 7.17. The van der Waals surface area contributed by atoms with E-state index in [4.69, 9.17) is 4.74 Å². The van der Waals surface area contributed by atoms with E-state index in [1.807, 2.05) is 11.8 Å². The minimum atomic E-state index is 0.155. The van der Waals surface area contributed by atoms with Crippen LogP contribution in [0.1, 0.15) is 20.3 Å². The second-order valence-electron chi connectivity index (χ2n) is 2.98. The van der Waals surface area contributed by atoms with Crippen LogP contribution in [0.5, 0.6) is 0 Å². The predicted molar refractivity (Wildman–Crippen MR) is 42.3 cm³/mol. The Morgan fingerprint density at radius 3 is 2.91 bits per heavy atom. The van der Waals surface area contributed by atoms with Crippen LogP contribution in [0.25, 0.3) is 0 Å². The molecule has 0 aliphatic carbocycles. The average molecular weight is 157 g/mol. The first kappa shape index (κ1) is 8.53. The largest absolute Gasteiger partial charge is 0.377 e. The SMILES string of the molecule is CC(=O)N1CCOC(C)CC1. The summed E-state index contributed by atoms with van der Waals surface area (Å²) in [6.45, 7) is 5.93.